The number of benzene rings is 1. The molecule has 2 N–H and O–H groups in total. The highest BCUT2D eigenvalue weighted by Gasteiger charge is 2.14. The second-order valence-corrected chi connectivity index (χ2v) is 5.11. The van der Waals surface area contributed by atoms with E-state index in [-0.39, 0.29) is 11.4 Å². The van der Waals surface area contributed by atoms with Crippen LogP contribution in [-0.2, 0) is 0 Å². The van der Waals surface area contributed by atoms with Crippen LogP contribution in [0.1, 0.15) is 40.7 Å². The average Bonchev–Trinajstić information content (AvgIpc) is 2.63. The van der Waals surface area contributed by atoms with Gasteiger partial charge in [0.1, 0.15) is 17.2 Å². The van der Waals surface area contributed by atoms with Crippen LogP contribution in [0.3, 0.4) is 0 Å². The number of anilines is 1. The minimum absolute atomic E-state index is 0.00710. The molecule has 0 unspecified atom stereocenters. The molecule has 0 saturated carbocycles. The number of nitrogens with one attached hydrogen (secondary N) is 1. The molecule has 132 valence electrons. The number of carboxylic acids is 1. The Morgan fingerprint density at radius 1 is 1.20 bits per heavy atom. The minimum atomic E-state index is -1.21. The Morgan fingerprint density at radius 2 is 1.92 bits per heavy atom. The van der Waals surface area contributed by atoms with E-state index in [0.29, 0.717) is 23.8 Å². The van der Waals surface area contributed by atoms with Gasteiger partial charge in [-0.05, 0) is 18.6 Å². The molecule has 0 atom stereocenters. The van der Waals surface area contributed by atoms with Gasteiger partial charge in [0.15, 0.2) is 5.69 Å². The summed E-state index contributed by atoms with van der Waals surface area (Å²) in [6.45, 7) is 2.58. The zero-order valence-electron chi connectivity index (χ0n) is 14.0. The first kappa shape index (κ1) is 18.2. The third-order valence-electron chi connectivity index (χ3n) is 3.29. The molecule has 2 rings (SSSR count). The van der Waals surface area contributed by atoms with Gasteiger partial charge in [-0.1, -0.05) is 13.3 Å². The van der Waals surface area contributed by atoms with Crippen LogP contribution in [0.2, 0.25) is 0 Å². The molecule has 0 bridgehead atoms. The number of hydrogen-bond acceptors (Lipinski definition) is 6. The van der Waals surface area contributed by atoms with Crippen molar-refractivity contribution in [1.29, 1.82) is 0 Å². The van der Waals surface area contributed by atoms with Crippen molar-refractivity contribution in [2.24, 2.45) is 0 Å². The number of ether oxygens (including phenoxy) is 2. The number of carbonyl (C=O) groups excluding carboxylic acids is 1. The summed E-state index contributed by atoms with van der Waals surface area (Å²) in [7, 11) is 1.52. The van der Waals surface area contributed by atoms with Gasteiger partial charge in [-0.2, -0.15) is 0 Å². The fourth-order valence-electron chi connectivity index (χ4n) is 1.93. The molecule has 0 aliphatic heterocycles. The fourth-order valence-corrected chi connectivity index (χ4v) is 1.93. The number of nitrogens with zero attached hydrogens (tertiary/aromatic N) is 2. The van der Waals surface area contributed by atoms with Crippen molar-refractivity contribution in [1.82, 2.24) is 9.97 Å². The Bertz CT molecular complexity index is 746. The van der Waals surface area contributed by atoms with Gasteiger partial charge < -0.3 is 19.9 Å². The standard InChI is InChI=1S/C17H19N3O5/c1-3-4-7-25-15-6-5-11(24-2)8-12(15)20-16(21)13-9-19-14(10-18-13)17(22)23/h5-6,8-10H,3-4,7H2,1-2H3,(H,20,21)(H,22,23). The maximum Gasteiger partial charge on any atom is 0.356 e. The van der Waals surface area contributed by atoms with Gasteiger partial charge in [-0.25, -0.2) is 14.8 Å². The van der Waals surface area contributed by atoms with Crippen molar-refractivity contribution < 1.29 is 24.2 Å². The van der Waals surface area contributed by atoms with Gasteiger partial charge in [0.25, 0.3) is 5.91 Å². The third-order valence-corrected chi connectivity index (χ3v) is 3.29. The lowest BCUT2D eigenvalue weighted by Gasteiger charge is -2.13. The Kier molecular flexibility index (Phi) is 6.27. The first-order valence-electron chi connectivity index (χ1n) is 7.72. The van der Waals surface area contributed by atoms with Crippen LogP contribution in [0, 0.1) is 0 Å². The second-order valence-electron chi connectivity index (χ2n) is 5.11. The lowest BCUT2D eigenvalue weighted by molar-refractivity contribution is 0.0689. The predicted octanol–water partition coefficient (Wildman–Crippen LogP) is 2.61. The molecule has 8 heteroatoms. The number of aromatic carboxylic acids is 1. The van der Waals surface area contributed by atoms with Gasteiger partial charge >= 0.3 is 5.97 Å². The summed E-state index contributed by atoms with van der Waals surface area (Å²) in [6, 6.07) is 5.08. The van der Waals surface area contributed by atoms with E-state index in [0.717, 1.165) is 25.2 Å². The number of carbonyl (C=O) groups is 2. The number of aromatic nitrogens is 2. The van der Waals surface area contributed by atoms with Gasteiger partial charge in [0, 0.05) is 6.07 Å². The smallest absolute Gasteiger partial charge is 0.356 e. The molecule has 0 radical (unpaired) electrons. The normalized spacial score (nSPS) is 10.2. The molecular weight excluding hydrogens is 326 g/mol. The number of carboxylic acid groups (broad SMARTS) is 1. The summed E-state index contributed by atoms with van der Waals surface area (Å²) in [5, 5.41) is 11.5. The monoisotopic (exact) mass is 345 g/mol. The van der Waals surface area contributed by atoms with E-state index in [1.165, 1.54) is 7.11 Å². The van der Waals surface area contributed by atoms with E-state index in [4.69, 9.17) is 14.6 Å². The molecule has 1 amide bonds. The van der Waals surface area contributed by atoms with Crippen LogP contribution in [0.4, 0.5) is 5.69 Å². The van der Waals surface area contributed by atoms with Crippen LogP contribution in [0.15, 0.2) is 30.6 Å². The summed E-state index contributed by atoms with van der Waals surface area (Å²) >= 11 is 0. The third kappa shape index (κ3) is 4.90. The second kappa shape index (κ2) is 8.62. The molecule has 8 nitrogen and oxygen atoms in total. The van der Waals surface area contributed by atoms with Crippen molar-refractivity contribution >= 4 is 17.6 Å². The van der Waals surface area contributed by atoms with E-state index in [1.807, 2.05) is 0 Å². The number of amides is 1. The molecule has 0 saturated heterocycles. The largest absolute Gasteiger partial charge is 0.497 e. The summed E-state index contributed by atoms with van der Waals surface area (Å²) in [5.74, 6) is -0.667. The van der Waals surface area contributed by atoms with Crippen molar-refractivity contribution in [3.8, 4) is 11.5 Å². The van der Waals surface area contributed by atoms with Crippen LogP contribution < -0.4 is 14.8 Å². The number of hydrogen-bond donors (Lipinski definition) is 2. The quantitative estimate of drug-likeness (QED) is 0.707. The van der Waals surface area contributed by atoms with Crippen LogP contribution >= 0.6 is 0 Å². The molecule has 1 aromatic carbocycles. The number of rotatable bonds is 8. The summed E-state index contributed by atoms with van der Waals surface area (Å²) < 4.78 is 10.8. The molecule has 0 aliphatic rings. The van der Waals surface area contributed by atoms with Crippen LogP contribution in [0.25, 0.3) is 0 Å². The van der Waals surface area contributed by atoms with Gasteiger partial charge in [0.05, 0.1) is 31.8 Å². The predicted molar refractivity (Wildman–Crippen MR) is 90.3 cm³/mol. The van der Waals surface area contributed by atoms with Crippen molar-refractivity contribution in [3.63, 3.8) is 0 Å². The fraction of sp³-hybridized carbons (Fsp3) is 0.294. The zero-order valence-corrected chi connectivity index (χ0v) is 14.0. The van der Waals surface area contributed by atoms with Crippen molar-refractivity contribution in [2.75, 3.05) is 19.0 Å². The van der Waals surface area contributed by atoms with Crippen molar-refractivity contribution in [2.45, 2.75) is 19.8 Å². The Morgan fingerprint density at radius 3 is 2.52 bits per heavy atom. The molecule has 0 aliphatic carbocycles. The van der Waals surface area contributed by atoms with Gasteiger partial charge in [-0.15, -0.1) is 0 Å². The Balaban J connectivity index is 2.18. The van der Waals surface area contributed by atoms with E-state index < -0.39 is 11.9 Å². The lowest BCUT2D eigenvalue weighted by atomic mass is 10.2. The maximum atomic E-state index is 12.3. The maximum absolute atomic E-state index is 12.3. The molecule has 1 heterocycles. The summed E-state index contributed by atoms with van der Waals surface area (Å²) in [5.41, 5.74) is 0.193. The lowest BCUT2D eigenvalue weighted by Crippen LogP contribution is -2.16. The van der Waals surface area contributed by atoms with Crippen LogP contribution in [0.5, 0.6) is 11.5 Å². The van der Waals surface area contributed by atoms with E-state index in [2.05, 4.69) is 22.2 Å². The highest BCUT2D eigenvalue weighted by Crippen LogP contribution is 2.29. The molecule has 2 aromatic rings. The SMILES string of the molecule is CCCCOc1ccc(OC)cc1NC(=O)c1cnc(C(=O)O)cn1. The zero-order chi connectivity index (χ0) is 18.2. The Labute approximate surface area is 144 Å². The molecule has 0 spiro atoms. The molecule has 0 fully saturated rings. The summed E-state index contributed by atoms with van der Waals surface area (Å²) in [4.78, 5) is 30.6. The average molecular weight is 345 g/mol. The molecular formula is C17H19N3O5. The topological polar surface area (TPSA) is 111 Å². The van der Waals surface area contributed by atoms with E-state index >= 15 is 0 Å². The van der Waals surface area contributed by atoms with E-state index in [1.54, 1.807) is 18.2 Å². The summed E-state index contributed by atoms with van der Waals surface area (Å²) in [6.07, 6.45) is 4.02. The highest BCUT2D eigenvalue weighted by atomic mass is 16.5. The Hall–Kier alpha value is -3.16. The van der Waals surface area contributed by atoms with Gasteiger partial charge in [0.2, 0.25) is 0 Å². The highest BCUT2D eigenvalue weighted by molar-refractivity contribution is 6.03. The first-order chi connectivity index (χ1) is 12.0. The molecule has 1 aromatic heterocycles. The van der Waals surface area contributed by atoms with Crippen LogP contribution in [-0.4, -0.2) is 40.7 Å². The van der Waals surface area contributed by atoms with Crippen molar-refractivity contribution in [3.05, 3.63) is 42.0 Å². The molecule has 25 heavy (non-hydrogen) atoms. The minimum Gasteiger partial charge on any atom is -0.497 e. The number of unbranched alkanes of at least 4 members (excludes halogenated alkanes) is 1. The van der Waals surface area contributed by atoms with E-state index in [9.17, 15) is 9.59 Å². The first-order valence-corrected chi connectivity index (χ1v) is 7.72. The van der Waals surface area contributed by atoms with Gasteiger partial charge in [-0.3, -0.25) is 4.79 Å². The number of methoxy groups -OCH3 is 1.